The van der Waals surface area contributed by atoms with Crippen molar-refractivity contribution < 1.29 is 29.3 Å². The standard InChI is InChI=1S/2C15H12O3/c2*1-2-18-12-8-9-13(14(16)10-12)15(17)11-6-4-3-5-7-11/h2*2-10,16H,1H2. The summed E-state index contributed by atoms with van der Waals surface area (Å²) < 4.78 is 10.0. The number of phenols is 2. The van der Waals surface area contributed by atoms with Crippen molar-refractivity contribution in [3.63, 3.8) is 0 Å². The number of hydrogen-bond donors (Lipinski definition) is 2. The van der Waals surface area contributed by atoms with Crippen LogP contribution in [0.3, 0.4) is 0 Å². The molecule has 4 aromatic carbocycles. The molecule has 0 atom stereocenters. The molecule has 0 saturated carbocycles. The molecule has 0 saturated heterocycles. The molecule has 0 unspecified atom stereocenters. The third-order valence-corrected chi connectivity index (χ3v) is 4.94. The van der Waals surface area contributed by atoms with Crippen LogP contribution in [0.2, 0.25) is 0 Å². The molecular weight excluding hydrogens is 456 g/mol. The summed E-state index contributed by atoms with van der Waals surface area (Å²) in [5.74, 6) is 0.210. The summed E-state index contributed by atoms with van der Waals surface area (Å²) in [5, 5.41) is 19.6. The summed E-state index contributed by atoms with van der Waals surface area (Å²) in [6.07, 6.45) is 2.51. The van der Waals surface area contributed by atoms with Gasteiger partial charge < -0.3 is 19.7 Å². The van der Waals surface area contributed by atoms with E-state index < -0.39 is 0 Å². The largest absolute Gasteiger partial charge is 0.507 e. The number of benzene rings is 4. The van der Waals surface area contributed by atoms with Gasteiger partial charge in [-0.2, -0.15) is 0 Å². The molecule has 0 aliphatic carbocycles. The first-order valence-corrected chi connectivity index (χ1v) is 10.8. The molecule has 4 rings (SSSR count). The van der Waals surface area contributed by atoms with Gasteiger partial charge in [-0.25, -0.2) is 0 Å². The smallest absolute Gasteiger partial charge is 0.196 e. The van der Waals surface area contributed by atoms with E-state index >= 15 is 0 Å². The number of rotatable bonds is 8. The van der Waals surface area contributed by atoms with E-state index in [1.807, 2.05) is 12.1 Å². The van der Waals surface area contributed by atoms with Crippen molar-refractivity contribution in [1.29, 1.82) is 0 Å². The highest BCUT2D eigenvalue weighted by Gasteiger charge is 2.14. The van der Waals surface area contributed by atoms with E-state index in [-0.39, 0.29) is 34.2 Å². The Labute approximate surface area is 209 Å². The van der Waals surface area contributed by atoms with Gasteiger partial charge in [-0.05, 0) is 24.3 Å². The second-order valence-electron chi connectivity index (χ2n) is 7.32. The summed E-state index contributed by atoms with van der Waals surface area (Å²) in [7, 11) is 0. The molecule has 0 heterocycles. The highest BCUT2D eigenvalue weighted by molar-refractivity contribution is 6.11. The van der Waals surface area contributed by atoms with Gasteiger partial charge >= 0.3 is 0 Å². The van der Waals surface area contributed by atoms with Crippen LogP contribution < -0.4 is 9.47 Å². The normalized spacial score (nSPS) is 9.78. The molecule has 0 aromatic heterocycles. The van der Waals surface area contributed by atoms with E-state index in [4.69, 9.17) is 9.47 Å². The lowest BCUT2D eigenvalue weighted by Gasteiger charge is -2.06. The van der Waals surface area contributed by atoms with Gasteiger partial charge in [0.15, 0.2) is 11.6 Å². The quantitative estimate of drug-likeness (QED) is 0.227. The summed E-state index contributed by atoms with van der Waals surface area (Å²) in [5.41, 5.74) is 1.56. The Hall–Kier alpha value is -5.10. The zero-order valence-electron chi connectivity index (χ0n) is 19.3. The van der Waals surface area contributed by atoms with Gasteiger partial charge in [-0.3, -0.25) is 9.59 Å². The van der Waals surface area contributed by atoms with E-state index in [0.29, 0.717) is 22.6 Å². The fourth-order valence-corrected chi connectivity index (χ4v) is 3.24. The monoisotopic (exact) mass is 480 g/mol. The van der Waals surface area contributed by atoms with Gasteiger partial charge in [0.2, 0.25) is 0 Å². The molecule has 6 heteroatoms. The average molecular weight is 481 g/mol. The summed E-state index contributed by atoms with van der Waals surface area (Å²) in [6.45, 7) is 6.84. The molecule has 0 amide bonds. The van der Waals surface area contributed by atoms with Crippen molar-refractivity contribution >= 4 is 11.6 Å². The minimum atomic E-state index is -0.224. The lowest BCUT2D eigenvalue weighted by atomic mass is 10.0. The van der Waals surface area contributed by atoms with E-state index in [1.165, 1.54) is 36.8 Å². The maximum atomic E-state index is 12.1. The molecule has 6 nitrogen and oxygen atoms in total. The minimum absolute atomic E-state index is 0.108. The van der Waals surface area contributed by atoms with Crippen molar-refractivity contribution in [3.05, 3.63) is 145 Å². The van der Waals surface area contributed by atoms with Gasteiger partial charge in [-0.1, -0.05) is 73.8 Å². The highest BCUT2D eigenvalue weighted by Crippen LogP contribution is 2.27. The van der Waals surface area contributed by atoms with Crippen LogP contribution in [0.5, 0.6) is 23.0 Å². The third-order valence-electron chi connectivity index (χ3n) is 4.94. The predicted molar refractivity (Wildman–Crippen MR) is 138 cm³/mol. The second kappa shape index (κ2) is 12.4. The summed E-state index contributed by atoms with van der Waals surface area (Å²) in [6, 6.07) is 26.6. The molecule has 0 fully saturated rings. The van der Waals surface area contributed by atoms with E-state index in [2.05, 4.69) is 13.2 Å². The fraction of sp³-hybridized carbons (Fsp3) is 0. The van der Waals surface area contributed by atoms with Crippen LogP contribution in [0.15, 0.2) is 123 Å². The number of carbonyl (C=O) groups excluding carboxylic acids is 2. The van der Waals surface area contributed by atoms with E-state index in [1.54, 1.807) is 60.7 Å². The predicted octanol–water partition coefficient (Wildman–Crippen LogP) is 6.29. The third kappa shape index (κ3) is 6.48. The minimum Gasteiger partial charge on any atom is -0.507 e. The number of phenolic OH excluding ortho intramolecular Hbond substituents is 2. The van der Waals surface area contributed by atoms with Crippen molar-refractivity contribution in [1.82, 2.24) is 0 Å². The van der Waals surface area contributed by atoms with Gasteiger partial charge in [-0.15, -0.1) is 0 Å². The summed E-state index contributed by atoms with van der Waals surface area (Å²) >= 11 is 0. The Balaban J connectivity index is 0.000000201. The zero-order chi connectivity index (χ0) is 25.9. The lowest BCUT2D eigenvalue weighted by Crippen LogP contribution is -2.01. The van der Waals surface area contributed by atoms with Crippen LogP contribution in [0.4, 0.5) is 0 Å². The summed E-state index contributed by atoms with van der Waals surface area (Å²) in [4.78, 5) is 24.2. The van der Waals surface area contributed by atoms with Crippen molar-refractivity contribution in [2.45, 2.75) is 0 Å². The highest BCUT2D eigenvalue weighted by atomic mass is 16.5. The maximum absolute atomic E-state index is 12.1. The number of aromatic hydroxyl groups is 2. The lowest BCUT2D eigenvalue weighted by molar-refractivity contribution is 0.102. The molecule has 0 radical (unpaired) electrons. The number of ketones is 2. The average Bonchev–Trinajstić information content (AvgIpc) is 2.90. The molecule has 2 N–H and O–H groups in total. The molecule has 0 spiro atoms. The second-order valence-corrected chi connectivity index (χ2v) is 7.32. The number of ether oxygens (including phenoxy) is 2. The van der Waals surface area contributed by atoms with Crippen molar-refractivity contribution in [2.75, 3.05) is 0 Å². The van der Waals surface area contributed by atoms with Gasteiger partial charge in [0.1, 0.15) is 23.0 Å². The van der Waals surface area contributed by atoms with Crippen molar-refractivity contribution in [2.24, 2.45) is 0 Å². The van der Waals surface area contributed by atoms with E-state index in [0.717, 1.165) is 0 Å². The van der Waals surface area contributed by atoms with Crippen LogP contribution >= 0.6 is 0 Å². The Morgan fingerprint density at radius 3 is 1.25 bits per heavy atom. The molecule has 0 aliphatic heterocycles. The Bertz CT molecular complexity index is 1250. The van der Waals surface area contributed by atoms with Gasteiger partial charge in [0, 0.05) is 23.3 Å². The first-order chi connectivity index (χ1) is 17.4. The number of hydrogen-bond acceptors (Lipinski definition) is 6. The van der Waals surface area contributed by atoms with Crippen LogP contribution in [-0.4, -0.2) is 21.8 Å². The topological polar surface area (TPSA) is 93.1 Å². The zero-order valence-corrected chi connectivity index (χ0v) is 19.3. The van der Waals surface area contributed by atoms with Crippen LogP contribution in [-0.2, 0) is 0 Å². The molecule has 0 bridgehead atoms. The first-order valence-electron chi connectivity index (χ1n) is 10.8. The Morgan fingerprint density at radius 2 is 0.944 bits per heavy atom. The molecule has 0 aliphatic rings. The van der Waals surface area contributed by atoms with Crippen LogP contribution in [0, 0.1) is 0 Å². The van der Waals surface area contributed by atoms with Gasteiger partial charge in [0.25, 0.3) is 0 Å². The Morgan fingerprint density at radius 1 is 0.583 bits per heavy atom. The van der Waals surface area contributed by atoms with Crippen LogP contribution in [0.25, 0.3) is 0 Å². The van der Waals surface area contributed by atoms with Crippen LogP contribution in [0.1, 0.15) is 31.8 Å². The maximum Gasteiger partial charge on any atom is 0.196 e. The molecule has 180 valence electrons. The SMILES string of the molecule is C=COc1ccc(C(=O)c2ccccc2)c(O)c1.C=COc1ccc(C(=O)c2ccccc2)c(O)c1. The Kier molecular flexibility index (Phi) is 8.78. The van der Waals surface area contributed by atoms with Gasteiger partial charge in [0.05, 0.1) is 23.7 Å². The number of carbonyl (C=O) groups is 2. The molecule has 4 aromatic rings. The van der Waals surface area contributed by atoms with Crippen molar-refractivity contribution in [3.8, 4) is 23.0 Å². The fourth-order valence-electron chi connectivity index (χ4n) is 3.24. The first kappa shape index (κ1) is 25.5. The molecule has 36 heavy (non-hydrogen) atoms. The molecular formula is C30H24O6. The van der Waals surface area contributed by atoms with E-state index in [9.17, 15) is 19.8 Å².